The molecule has 0 unspecified atom stereocenters. The molecule has 0 spiro atoms. The molecule has 0 fully saturated rings. The minimum Gasteiger partial charge on any atom is -0.448 e. The number of pyridine rings is 1. The van der Waals surface area contributed by atoms with Crippen LogP contribution >= 0.6 is 11.6 Å². The summed E-state index contributed by atoms with van der Waals surface area (Å²) in [4.78, 5) is 24.7. The first kappa shape index (κ1) is 13.0. The van der Waals surface area contributed by atoms with Crippen LogP contribution in [0.4, 0.5) is 5.69 Å². The molecule has 0 amide bonds. The Kier molecular flexibility index (Phi) is 3.72. The van der Waals surface area contributed by atoms with E-state index < -0.39 is 4.92 Å². The van der Waals surface area contributed by atoms with E-state index in [0.717, 1.165) is 0 Å². The van der Waals surface area contributed by atoms with Gasteiger partial charge < -0.3 is 4.74 Å². The van der Waals surface area contributed by atoms with Gasteiger partial charge in [-0.3, -0.25) is 19.9 Å². The van der Waals surface area contributed by atoms with Crippen molar-refractivity contribution in [2.45, 2.75) is 0 Å². The van der Waals surface area contributed by atoms with Crippen LogP contribution in [0.15, 0.2) is 36.7 Å². The number of nitro groups is 1. The van der Waals surface area contributed by atoms with E-state index in [4.69, 9.17) is 16.3 Å². The van der Waals surface area contributed by atoms with Gasteiger partial charge in [-0.25, -0.2) is 0 Å². The van der Waals surface area contributed by atoms with Crippen molar-refractivity contribution >= 4 is 23.6 Å². The van der Waals surface area contributed by atoms with E-state index in [9.17, 15) is 14.9 Å². The van der Waals surface area contributed by atoms with Crippen LogP contribution in [0.1, 0.15) is 10.4 Å². The molecule has 6 nitrogen and oxygen atoms in total. The summed E-state index contributed by atoms with van der Waals surface area (Å²) in [5, 5.41) is 11.1. The summed E-state index contributed by atoms with van der Waals surface area (Å²) in [7, 11) is 0. The molecule has 19 heavy (non-hydrogen) atoms. The summed E-state index contributed by atoms with van der Waals surface area (Å²) in [6.45, 7) is 0. The second-order valence-corrected chi connectivity index (χ2v) is 3.98. The number of hydrogen-bond donors (Lipinski definition) is 0. The summed E-state index contributed by atoms with van der Waals surface area (Å²) in [5.74, 6) is 0.259. The number of carbonyl (C=O) groups is 1. The van der Waals surface area contributed by atoms with Crippen molar-refractivity contribution < 1.29 is 14.5 Å². The molecule has 0 saturated carbocycles. The van der Waals surface area contributed by atoms with Crippen molar-refractivity contribution in [1.29, 1.82) is 0 Å². The molecule has 2 rings (SSSR count). The van der Waals surface area contributed by atoms with Gasteiger partial charge in [0.1, 0.15) is 5.75 Å². The molecule has 0 radical (unpaired) electrons. The van der Waals surface area contributed by atoms with E-state index >= 15 is 0 Å². The van der Waals surface area contributed by atoms with Gasteiger partial charge in [-0.2, -0.15) is 0 Å². The van der Waals surface area contributed by atoms with E-state index in [0.29, 0.717) is 11.8 Å². The number of ether oxygens (including phenoxy) is 1. The fourth-order valence-electron chi connectivity index (χ4n) is 1.40. The highest BCUT2D eigenvalue weighted by molar-refractivity contribution is 6.30. The number of nitro benzene ring substituents is 1. The maximum absolute atomic E-state index is 10.9. The Morgan fingerprint density at radius 1 is 1.32 bits per heavy atom. The van der Waals surface area contributed by atoms with E-state index in [2.05, 4.69) is 4.98 Å². The second-order valence-electron chi connectivity index (χ2n) is 3.54. The monoisotopic (exact) mass is 278 g/mol. The third-order valence-corrected chi connectivity index (χ3v) is 2.45. The summed E-state index contributed by atoms with van der Waals surface area (Å²) in [6.07, 6.45) is 3.32. The van der Waals surface area contributed by atoms with Gasteiger partial charge in [-0.05, 0) is 18.2 Å². The predicted molar refractivity (Wildman–Crippen MR) is 67.8 cm³/mol. The quantitative estimate of drug-likeness (QED) is 0.487. The molecule has 0 aliphatic rings. The fraction of sp³-hybridized carbons (Fsp3) is 0. The fourth-order valence-corrected chi connectivity index (χ4v) is 1.57. The molecule has 0 aliphatic carbocycles. The number of aromatic nitrogens is 1. The van der Waals surface area contributed by atoms with Crippen LogP contribution in [0.5, 0.6) is 11.5 Å². The highest BCUT2D eigenvalue weighted by Gasteiger charge is 2.16. The first-order valence-electron chi connectivity index (χ1n) is 5.12. The Balaban J connectivity index is 2.37. The molecule has 2 aromatic rings. The van der Waals surface area contributed by atoms with Gasteiger partial charge in [0.2, 0.25) is 5.75 Å². The van der Waals surface area contributed by atoms with E-state index in [-0.39, 0.29) is 22.2 Å². The minimum atomic E-state index is -0.599. The number of carbonyl (C=O) groups excluding carboxylic acids is 1. The third kappa shape index (κ3) is 3.05. The molecule has 0 aliphatic heterocycles. The molecule has 1 heterocycles. The molecule has 7 heteroatoms. The SMILES string of the molecule is O=Cc1cncc(Oc2ccc(Cl)cc2[N+](=O)[O-])c1. The summed E-state index contributed by atoms with van der Waals surface area (Å²) >= 11 is 5.69. The van der Waals surface area contributed by atoms with Crippen LogP contribution < -0.4 is 4.74 Å². The molecule has 0 atom stereocenters. The van der Waals surface area contributed by atoms with Gasteiger partial charge in [-0.1, -0.05) is 11.6 Å². The van der Waals surface area contributed by atoms with Crippen LogP contribution in [0, 0.1) is 10.1 Å². The highest BCUT2D eigenvalue weighted by Crippen LogP contribution is 2.33. The Bertz CT molecular complexity index is 645. The lowest BCUT2D eigenvalue weighted by Gasteiger charge is -2.06. The number of hydrogen-bond acceptors (Lipinski definition) is 5. The minimum absolute atomic E-state index is 0.0271. The number of halogens is 1. The molecule has 96 valence electrons. The van der Waals surface area contributed by atoms with Gasteiger partial charge in [0, 0.05) is 22.8 Å². The lowest BCUT2D eigenvalue weighted by molar-refractivity contribution is -0.385. The Morgan fingerprint density at radius 2 is 2.11 bits per heavy atom. The van der Waals surface area contributed by atoms with E-state index in [1.165, 1.54) is 36.7 Å². The molecule has 1 aromatic heterocycles. The number of aldehydes is 1. The predicted octanol–water partition coefficient (Wildman–Crippen LogP) is 3.25. The van der Waals surface area contributed by atoms with Crippen molar-refractivity contribution in [3.05, 3.63) is 57.4 Å². The van der Waals surface area contributed by atoms with Crippen molar-refractivity contribution in [1.82, 2.24) is 4.98 Å². The van der Waals surface area contributed by atoms with Gasteiger partial charge in [0.05, 0.1) is 11.1 Å². The zero-order chi connectivity index (χ0) is 13.8. The maximum atomic E-state index is 10.9. The maximum Gasteiger partial charge on any atom is 0.313 e. The Labute approximate surface area is 112 Å². The van der Waals surface area contributed by atoms with Crippen molar-refractivity contribution in [2.24, 2.45) is 0 Å². The normalized spacial score (nSPS) is 9.95. The van der Waals surface area contributed by atoms with Crippen molar-refractivity contribution in [2.75, 3.05) is 0 Å². The second kappa shape index (κ2) is 5.45. The topological polar surface area (TPSA) is 82.3 Å². The standard InChI is InChI=1S/C12H7ClN2O4/c13-9-1-2-12(11(4-9)15(17)18)19-10-3-8(7-16)5-14-6-10/h1-7H. The average molecular weight is 279 g/mol. The largest absolute Gasteiger partial charge is 0.448 e. The lowest BCUT2D eigenvalue weighted by Crippen LogP contribution is -1.94. The molecule has 0 saturated heterocycles. The van der Waals surface area contributed by atoms with Gasteiger partial charge in [-0.15, -0.1) is 0 Å². The summed E-state index contributed by atoms with van der Waals surface area (Å²) < 4.78 is 5.35. The van der Waals surface area contributed by atoms with Crippen molar-refractivity contribution in [3.8, 4) is 11.5 Å². The molecule has 1 aromatic carbocycles. The van der Waals surface area contributed by atoms with Crippen molar-refractivity contribution in [3.63, 3.8) is 0 Å². The molecular weight excluding hydrogens is 272 g/mol. The van der Waals surface area contributed by atoms with Gasteiger partial charge in [0.25, 0.3) is 0 Å². The molecule has 0 bridgehead atoms. The first-order valence-corrected chi connectivity index (χ1v) is 5.50. The molecule has 0 N–H and O–H groups in total. The van der Waals surface area contributed by atoms with Crippen LogP contribution in [-0.2, 0) is 0 Å². The first-order chi connectivity index (χ1) is 9.10. The smallest absolute Gasteiger partial charge is 0.313 e. The zero-order valence-corrected chi connectivity index (χ0v) is 10.2. The number of benzene rings is 1. The van der Waals surface area contributed by atoms with Crippen LogP contribution in [-0.4, -0.2) is 16.2 Å². The van der Waals surface area contributed by atoms with E-state index in [1.807, 2.05) is 0 Å². The van der Waals surface area contributed by atoms with Crippen LogP contribution in [0.3, 0.4) is 0 Å². The lowest BCUT2D eigenvalue weighted by atomic mass is 10.3. The van der Waals surface area contributed by atoms with Gasteiger partial charge in [0.15, 0.2) is 6.29 Å². The summed E-state index contributed by atoms with van der Waals surface area (Å²) in [6, 6.07) is 5.47. The summed E-state index contributed by atoms with van der Waals surface area (Å²) in [5.41, 5.74) is 0.0538. The third-order valence-electron chi connectivity index (χ3n) is 2.22. The highest BCUT2D eigenvalue weighted by atomic mass is 35.5. The van der Waals surface area contributed by atoms with Crippen LogP contribution in [0.2, 0.25) is 5.02 Å². The zero-order valence-electron chi connectivity index (χ0n) is 9.45. The Hall–Kier alpha value is -2.47. The van der Waals surface area contributed by atoms with E-state index in [1.54, 1.807) is 0 Å². The average Bonchev–Trinajstić information content (AvgIpc) is 2.41. The molecular formula is C12H7ClN2O4. The Morgan fingerprint density at radius 3 is 2.79 bits per heavy atom. The number of rotatable bonds is 4. The van der Waals surface area contributed by atoms with Crippen LogP contribution in [0.25, 0.3) is 0 Å². The number of nitrogens with zero attached hydrogens (tertiary/aromatic N) is 2. The van der Waals surface area contributed by atoms with Gasteiger partial charge >= 0.3 is 5.69 Å².